The first-order valence-corrected chi connectivity index (χ1v) is 11.1. The Hall–Kier alpha value is -1.62. The monoisotopic (exact) mass is 367 g/mol. The summed E-state index contributed by atoms with van der Waals surface area (Å²) in [6.07, 6.45) is 18.2. The molecule has 0 aliphatic heterocycles. The van der Waals surface area contributed by atoms with Crippen LogP contribution in [0.15, 0.2) is 29.8 Å². The molecule has 27 heavy (non-hydrogen) atoms. The van der Waals surface area contributed by atoms with Gasteiger partial charge in [-0.05, 0) is 80.4 Å². The molecule has 1 atom stereocenters. The number of halogens is 1. The molecule has 1 aromatic rings. The second-order valence-corrected chi connectivity index (χ2v) is 8.75. The van der Waals surface area contributed by atoms with E-state index in [0.717, 1.165) is 36.2 Å². The third-order valence-electron chi connectivity index (χ3n) is 6.96. The summed E-state index contributed by atoms with van der Waals surface area (Å²) in [5.41, 5.74) is 2.69. The van der Waals surface area contributed by atoms with Crippen LogP contribution in [0.3, 0.4) is 0 Å². The summed E-state index contributed by atoms with van der Waals surface area (Å²) >= 11 is 0. The number of rotatable bonds is 7. The Morgan fingerprint density at radius 3 is 2.52 bits per heavy atom. The van der Waals surface area contributed by atoms with E-state index in [9.17, 15) is 4.39 Å². The molecule has 1 nitrogen and oxygen atoms in total. The SMILES string of the molecule is CCCC[C@H]1CC[C@H](C2CC=C(CCc3ccc(C#N)c(F)c3)CC2)CC1. The highest BCUT2D eigenvalue weighted by molar-refractivity contribution is 5.33. The molecule has 2 aliphatic carbocycles. The van der Waals surface area contributed by atoms with Gasteiger partial charge in [0.05, 0.1) is 5.56 Å². The molecule has 0 heterocycles. The Balaban J connectivity index is 1.42. The second kappa shape index (κ2) is 10.1. The summed E-state index contributed by atoms with van der Waals surface area (Å²) in [7, 11) is 0. The number of aryl methyl sites for hydroxylation is 1. The van der Waals surface area contributed by atoms with Crippen molar-refractivity contribution in [1.29, 1.82) is 5.26 Å². The van der Waals surface area contributed by atoms with Gasteiger partial charge in [-0.15, -0.1) is 0 Å². The fourth-order valence-electron chi connectivity index (χ4n) is 5.11. The first-order chi connectivity index (χ1) is 13.2. The number of nitriles is 1. The Morgan fingerprint density at radius 2 is 1.89 bits per heavy atom. The summed E-state index contributed by atoms with van der Waals surface area (Å²) in [4.78, 5) is 0. The molecule has 2 aliphatic rings. The topological polar surface area (TPSA) is 23.8 Å². The number of allylic oxidation sites excluding steroid dienone is 2. The third kappa shape index (κ3) is 5.68. The van der Waals surface area contributed by atoms with Crippen molar-refractivity contribution < 1.29 is 4.39 Å². The molecule has 0 bridgehead atoms. The van der Waals surface area contributed by atoms with Gasteiger partial charge in [0.25, 0.3) is 0 Å². The zero-order chi connectivity index (χ0) is 19.1. The van der Waals surface area contributed by atoms with Crippen LogP contribution in [-0.4, -0.2) is 0 Å². The maximum Gasteiger partial charge on any atom is 0.141 e. The fourth-order valence-corrected chi connectivity index (χ4v) is 5.11. The quantitative estimate of drug-likeness (QED) is 0.462. The fraction of sp³-hybridized carbons (Fsp3) is 0.640. The normalized spacial score (nSPS) is 25.7. The van der Waals surface area contributed by atoms with Crippen molar-refractivity contribution in [3.8, 4) is 6.07 Å². The van der Waals surface area contributed by atoms with E-state index in [1.807, 2.05) is 12.1 Å². The second-order valence-electron chi connectivity index (χ2n) is 8.75. The van der Waals surface area contributed by atoms with E-state index in [1.165, 1.54) is 70.3 Å². The Labute approximate surface area is 164 Å². The van der Waals surface area contributed by atoms with Crippen molar-refractivity contribution in [2.24, 2.45) is 17.8 Å². The van der Waals surface area contributed by atoms with Crippen LogP contribution in [0.5, 0.6) is 0 Å². The molecular formula is C25H34FN. The molecule has 1 unspecified atom stereocenters. The van der Waals surface area contributed by atoms with Crippen molar-refractivity contribution in [3.05, 3.63) is 46.8 Å². The Morgan fingerprint density at radius 1 is 1.07 bits per heavy atom. The number of unbranched alkanes of at least 4 members (excludes halogenated alkanes) is 1. The maximum atomic E-state index is 13.7. The summed E-state index contributed by atoms with van der Waals surface area (Å²) < 4.78 is 13.7. The maximum absolute atomic E-state index is 13.7. The predicted molar refractivity (Wildman–Crippen MR) is 110 cm³/mol. The minimum Gasteiger partial charge on any atom is -0.206 e. The van der Waals surface area contributed by atoms with Crippen LogP contribution in [0.25, 0.3) is 0 Å². The zero-order valence-corrected chi connectivity index (χ0v) is 16.9. The van der Waals surface area contributed by atoms with Gasteiger partial charge in [-0.25, -0.2) is 4.39 Å². The summed E-state index contributed by atoms with van der Waals surface area (Å²) in [5.74, 6) is 2.47. The van der Waals surface area contributed by atoms with Crippen LogP contribution >= 0.6 is 0 Å². The van der Waals surface area contributed by atoms with E-state index in [2.05, 4.69) is 13.0 Å². The van der Waals surface area contributed by atoms with E-state index >= 15 is 0 Å². The van der Waals surface area contributed by atoms with Crippen molar-refractivity contribution in [1.82, 2.24) is 0 Å². The zero-order valence-electron chi connectivity index (χ0n) is 16.9. The van der Waals surface area contributed by atoms with E-state index in [0.29, 0.717) is 0 Å². The van der Waals surface area contributed by atoms with E-state index in [4.69, 9.17) is 5.26 Å². The number of hydrogen-bond donors (Lipinski definition) is 0. The number of nitrogens with zero attached hydrogens (tertiary/aromatic N) is 1. The van der Waals surface area contributed by atoms with Gasteiger partial charge < -0.3 is 0 Å². The van der Waals surface area contributed by atoms with Crippen LogP contribution in [0, 0.1) is 34.9 Å². The lowest BCUT2D eigenvalue weighted by Crippen LogP contribution is -2.23. The largest absolute Gasteiger partial charge is 0.206 e. The van der Waals surface area contributed by atoms with E-state index in [1.54, 1.807) is 11.6 Å². The highest BCUT2D eigenvalue weighted by atomic mass is 19.1. The minimum absolute atomic E-state index is 0.142. The molecule has 0 radical (unpaired) electrons. The molecule has 1 fully saturated rings. The molecule has 0 aromatic heterocycles. The lowest BCUT2D eigenvalue weighted by atomic mass is 9.70. The van der Waals surface area contributed by atoms with Crippen molar-refractivity contribution in [3.63, 3.8) is 0 Å². The standard InChI is InChI=1S/C25H34FN/c1-2-3-4-19-7-12-22(13-8-19)23-14-9-20(10-15-23)5-6-21-11-16-24(18-27)25(26)17-21/h9,11,16-17,19,22-23H,2-8,10,12-15H2,1H3/t19-,22-,23?. The third-order valence-corrected chi connectivity index (χ3v) is 6.96. The van der Waals surface area contributed by atoms with Gasteiger partial charge in [-0.3, -0.25) is 0 Å². The highest BCUT2D eigenvalue weighted by Crippen LogP contribution is 2.41. The molecule has 0 spiro atoms. The molecule has 3 rings (SSSR count). The van der Waals surface area contributed by atoms with Crippen LogP contribution in [0.2, 0.25) is 0 Å². The molecule has 0 saturated heterocycles. The average molecular weight is 368 g/mol. The molecule has 146 valence electrons. The summed E-state index contributed by atoms with van der Waals surface area (Å²) in [5, 5.41) is 8.83. The molecule has 0 amide bonds. The van der Waals surface area contributed by atoms with Gasteiger partial charge in [0.15, 0.2) is 0 Å². The van der Waals surface area contributed by atoms with E-state index in [-0.39, 0.29) is 11.4 Å². The van der Waals surface area contributed by atoms with Gasteiger partial charge in [0.1, 0.15) is 11.9 Å². The summed E-state index contributed by atoms with van der Waals surface area (Å²) in [6, 6.07) is 6.92. The van der Waals surface area contributed by atoms with Crippen molar-refractivity contribution in [2.45, 2.75) is 84.0 Å². The van der Waals surface area contributed by atoms with Crippen LogP contribution in [0.4, 0.5) is 4.39 Å². The molecule has 0 N–H and O–H groups in total. The van der Waals surface area contributed by atoms with Gasteiger partial charge in [-0.2, -0.15) is 5.26 Å². The lowest BCUT2D eigenvalue weighted by molar-refractivity contribution is 0.185. The van der Waals surface area contributed by atoms with Gasteiger partial charge >= 0.3 is 0 Å². The molecule has 1 aromatic carbocycles. The molecule has 2 heteroatoms. The van der Waals surface area contributed by atoms with Gasteiger partial charge in [-0.1, -0.05) is 56.7 Å². The van der Waals surface area contributed by atoms with Crippen LogP contribution < -0.4 is 0 Å². The van der Waals surface area contributed by atoms with Gasteiger partial charge in [0, 0.05) is 0 Å². The lowest BCUT2D eigenvalue weighted by Gasteiger charge is -2.35. The Bertz CT molecular complexity index is 676. The highest BCUT2D eigenvalue weighted by Gasteiger charge is 2.28. The molecular weight excluding hydrogens is 333 g/mol. The minimum atomic E-state index is -0.387. The Kier molecular flexibility index (Phi) is 7.50. The average Bonchev–Trinajstić information content (AvgIpc) is 2.71. The van der Waals surface area contributed by atoms with Crippen molar-refractivity contribution >= 4 is 0 Å². The first kappa shape index (κ1) is 20.1. The smallest absolute Gasteiger partial charge is 0.141 e. The first-order valence-electron chi connectivity index (χ1n) is 11.1. The van der Waals surface area contributed by atoms with Gasteiger partial charge in [0.2, 0.25) is 0 Å². The van der Waals surface area contributed by atoms with E-state index < -0.39 is 0 Å². The van der Waals surface area contributed by atoms with Crippen molar-refractivity contribution in [2.75, 3.05) is 0 Å². The number of hydrogen-bond acceptors (Lipinski definition) is 1. The van der Waals surface area contributed by atoms with Crippen LogP contribution in [0.1, 0.15) is 88.7 Å². The number of benzene rings is 1. The predicted octanol–water partition coefficient (Wildman–Crippen LogP) is 7.35. The summed E-state index contributed by atoms with van der Waals surface area (Å²) in [6.45, 7) is 2.30. The van der Waals surface area contributed by atoms with Crippen LogP contribution in [-0.2, 0) is 6.42 Å². The molecule has 1 saturated carbocycles.